The van der Waals surface area contributed by atoms with E-state index in [2.05, 4.69) is 26.1 Å². The van der Waals surface area contributed by atoms with Crippen molar-refractivity contribution in [1.29, 1.82) is 0 Å². The van der Waals surface area contributed by atoms with Crippen molar-refractivity contribution in [3.63, 3.8) is 0 Å². The number of hydrogen-bond donors (Lipinski definition) is 1. The first-order valence-electron chi connectivity index (χ1n) is 5.23. The third-order valence-corrected chi connectivity index (χ3v) is 3.70. The Balaban J connectivity index is 2.53. The summed E-state index contributed by atoms with van der Waals surface area (Å²) in [4.78, 5) is 13.7. The first-order valence-corrected chi connectivity index (χ1v) is 6.39. The van der Waals surface area contributed by atoms with Gasteiger partial charge in [0.2, 0.25) is 5.91 Å². The minimum absolute atomic E-state index is 0.0147. The summed E-state index contributed by atoms with van der Waals surface area (Å²) in [6, 6.07) is 0.318. The fraction of sp³-hybridized carbons (Fsp3) is 0.900. The number of rotatable bonds is 4. The molecule has 82 valence electrons. The van der Waals surface area contributed by atoms with Gasteiger partial charge in [-0.25, -0.2) is 0 Å². The lowest BCUT2D eigenvalue weighted by Crippen LogP contribution is -2.42. The van der Waals surface area contributed by atoms with Crippen molar-refractivity contribution in [2.45, 2.75) is 45.9 Å². The number of nitrogens with zero attached hydrogens (tertiary/aromatic N) is 1. The van der Waals surface area contributed by atoms with Gasteiger partial charge in [0.25, 0.3) is 0 Å². The summed E-state index contributed by atoms with van der Waals surface area (Å²) in [7, 11) is 0. The number of carbonyl (C=O) groups is 1. The van der Waals surface area contributed by atoms with E-state index in [-0.39, 0.29) is 18.1 Å². The average Bonchev–Trinajstić information content (AvgIpc) is 2.38. The van der Waals surface area contributed by atoms with Gasteiger partial charge in [0.05, 0.1) is 12.2 Å². The Morgan fingerprint density at radius 3 is 2.64 bits per heavy atom. The van der Waals surface area contributed by atoms with Gasteiger partial charge in [-0.05, 0) is 26.5 Å². The maximum absolute atomic E-state index is 11.8. The summed E-state index contributed by atoms with van der Waals surface area (Å²) < 4.78 is 0. The molecule has 14 heavy (non-hydrogen) atoms. The summed E-state index contributed by atoms with van der Waals surface area (Å²) in [6.07, 6.45) is 0.185. The van der Waals surface area contributed by atoms with Crippen LogP contribution >= 0.6 is 11.8 Å². The Bertz CT molecular complexity index is 210. The zero-order valence-electron chi connectivity index (χ0n) is 9.41. The van der Waals surface area contributed by atoms with Crippen LogP contribution < -0.4 is 5.32 Å². The molecule has 0 aromatic rings. The highest BCUT2D eigenvalue weighted by Gasteiger charge is 2.35. The Labute approximate surface area is 90.6 Å². The fourth-order valence-corrected chi connectivity index (χ4v) is 2.63. The number of nitrogens with one attached hydrogen (secondary N) is 1. The van der Waals surface area contributed by atoms with Crippen LogP contribution in [0.15, 0.2) is 0 Å². The molecule has 0 radical (unpaired) electrons. The van der Waals surface area contributed by atoms with E-state index >= 15 is 0 Å². The average molecular weight is 216 g/mol. The molecule has 4 heteroatoms. The molecule has 0 aromatic heterocycles. The van der Waals surface area contributed by atoms with Gasteiger partial charge in [0.1, 0.15) is 0 Å². The summed E-state index contributed by atoms with van der Waals surface area (Å²) in [5.74, 6) is 2.38. The number of thioether (sulfide) groups is 1. The van der Waals surface area contributed by atoms with Gasteiger partial charge in [-0.1, -0.05) is 6.92 Å². The lowest BCUT2D eigenvalue weighted by Gasteiger charge is -2.27. The fourth-order valence-electron chi connectivity index (χ4n) is 1.90. The highest BCUT2D eigenvalue weighted by atomic mass is 32.2. The van der Waals surface area contributed by atoms with E-state index < -0.39 is 0 Å². The van der Waals surface area contributed by atoms with Crippen molar-refractivity contribution in [3.05, 3.63) is 0 Å². The molecule has 0 aliphatic carbocycles. The molecule has 1 N–H and O–H groups in total. The van der Waals surface area contributed by atoms with Crippen LogP contribution in [-0.4, -0.2) is 40.6 Å². The molecular weight excluding hydrogens is 196 g/mol. The van der Waals surface area contributed by atoms with Crippen molar-refractivity contribution in [3.8, 4) is 0 Å². The van der Waals surface area contributed by atoms with E-state index in [4.69, 9.17) is 0 Å². The van der Waals surface area contributed by atoms with Crippen molar-refractivity contribution in [2.24, 2.45) is 0 Å². The molecule has 0 bridgehead atoms. The Hall–Kier alpha value is -0.220. The van der Waals surface area contributed by atoms with Crippen LogP contribution in [0.25, 0.3) is 0 Å². The number of hydrogen-bond acceptors (Lipinski definition) is 3. The predicted octanol–water partition coefficient (Wildman–Crippen LogP) is 1.29. The minimum Gasteiger partial charge on any atom is -0.323 e. The molecule has 3 nitrogen and oxygen atoms in total. The monoisotopic (exact) mass is 216 g/mol. The van der Waals surface area contributed by atoms with Crippen LogP contribution in [-0.2, 0) is 4.79 Å². The second-order valence-corrected chi connectivity index (χ2v) is 5.14. The second kappa shape index (κ2) is 5.03. The van der Waals surface area contributed by atoms with Crippen molar-refractivity contribution in [1.82, 2.24) is 10.2 Å². The predicted molar refractivity (Wildman–Crippen MR) is 61.4 cm³/mol. The van der Waals surface area contributed by atoms with Crippen LogP contribution in [0.2, 0.25) is 0 Å². The molecule has 3 unspecified atom stereocenters. The Morgan fingerprint density at radius 2 is 2.21 bits per heavy atom. The maximum Gasteiger partial charge on any atom is 0.240 e. The molecule has 1 rings (SSSR count). The maximum atomic E-state index is 11.8. The normalized spacial score (nSPS) is 29.7. The van der Waals surface area contributed by atoms with Gasteiger partial charge >= 0.3 is 0 Å². The van der Waals surface area contributed by atoms with Crippen LogP contribution in [0.4, 0.5) is 0 Å². The lowest BCUT2D eigenvalue weighted by atomic mass is 10.3. The molecule has 1 fully saturated rings. The largest absolute Gasteiger partial charge is 0.323 e. The SMILES string of the molecule is CCSCC(C)N1C(=O)C(C)NC1C. The first-order chi connectivity index (χ1) is 6.57. The first kappa shape index (κ1) is 11.9. The van der Waals surface area contributed by atoms with Gasteiger partial charge in [0, 0.05) is 11.8 Å². The molecule has 0 saturated carbocycles. The molecule has 0 spiro atoms. The third-order valence-electron chi connectivity index (χ3n) is 2.57. The van der Waals surface area contributed by atoms with Crippen LogP contribution in [0.1, 0.15) is 27.7 Å². The van der Waals surface area contributed by atoms with Gasteiger partial charge in [0.15, 0.2) is 0 Å². The zero-order chi connectivity index (χ0) is 10.7. The number of carbonyl (C=O) groups excluding carboxylic acids is 1. The van der Waals surface area contributed by atoms with Crippen LogP contribution in [0.5, 0.6) is 0 Å². The zero-order valence-corrected chi connectivity index (χ0v) is 10.2. The Kier molecular flexibility index (Phi) is 4.26. The Morgan fingerprint density at radius 1 is 1.57 bits per heavy atom. The van der Waals surface area contributed by atoms with Crippen LogP contribution in [0, 0.1) is 0 Å². The van der Waals surface area contributed by atoms with Crippen molar-refractivity contribution < 1.29 is 4.79 Å². The lowest BCUT2D eigenvalue weighted by molar-refractivity contribution is -0.131. The van der Waals surface area contributed by atoms with E-state index in [0.717, 1.165) is 11.5 Å². The summed E-state index contributed by atoms with van der Waals surface area (Å²) in [6.45, 7) is 8.25. The van der Waals surface area contributed by atoms with Gasteiger partial charge in [-0.3, -0.25) is 10.1 Å². The highest BCUT2D eigenvalue weighted by molar-refractivity contribution is 7.99. The van der Waals surface area contributed by atoms with E-state index in [9.17, 15) is 4.79 Å². The summed E-state index contributed by atoms with van der Waals surface area (Å²) in [5, 5.41) is 3.24. The van der Waals surface area contributed by atoms with E-state index in [0.29, 0.717) is 6.04 Å². The third kappa shape index (κ3) is 2.42. The molecule has 0 aromatic carbocycles. The van der Waals surface area contributed by atoms with E-state index in [1.165, 1.54) is 0 Å². The quantitative estimate of drug-likeness (QED) is 0.768. The molecule has 1 aliphatic heterocycles. The van der Waals surface area contributed by atoms with Gasteiger partial charge in [-0.15, -0.1) is 0 Å². The van der Waals surface area contributed by atoms with Crippen molar-refractivity contribution >= 4 is 17.7 Å². The summed E-state index contributed by atoms with van der Waals surface area (Å²) in [5.41, 5.74) is 0. The minimum atomic E-state index is -0.0147. The summed E-state index contributed by atoms with van der Waals surface area (Å²) >= 11 is 1.89. The van der Waals surface area contributed by atoms with E-state index in [1.54, 1.807) is 0 Å². The molecule has 1 aliphatic rings. The molecule has 3 atom stereocenters. The topological polar surface area (TPSA) is 32.3 Å². The van der Waals surface area contributed by atoms with Crippen LogP contribution in [0.3, 0.4) is 0 Å². The molecule has 1 amide bonds. The second-order valence-electron chi connectivity index (χ2n) is 3.82. The van der Waals surface area contributed by atoms with Crippen molar-refractivity contribution in [2.75, 3.05) is 11.5 Å². The highest BCUT2D eigenvalue weighted by Crippen LogP contribution is 2.17. The van der Waals surface area contributed by atoms with Gasteiger partial charge < -0.3 is 4.90 Å². The smallest absolute Gasteiger partial charge is 0.240 e. The molecule has 1 heterocycles. The number of amides is 1. The molecule has 1 saturated heterocycles. The standard InChI is InChI=1S/C10H20N2OS/c1-5-14-6-7(2)12-9(4)11-8(3)10(12)13/h7-9,11H,5-6H2,1-4H3. The molecular formula is C10H20N2OS. The van der Waals surface area contributed by atoms with E-state index in [1.807, 2.05) is 23.6 Å². The van der Waals surface area contributed by atoms with Gasteiger partial charge in [-0.2, -0.15) is 11.8 Å².